The summed E-state index contributed by atoms with van der Waals surface area (Å²) in [6.07, 6.45) is 5.59. The van der Waals surface area contributed by atoms with E-state index in [0.717, 1.165) is 42.2 Å². The second-order valence-electron chi connectivity index (χ2n) is 10.7. The summed E-state index contributed by atoms with van der Waals surface area (Å²) in [4.78, 5) is 45.1. The molecule has 0 aliphatic carbocycles. The van der Waals surface area contributed by atoms with Gasteiger partial charge in [-0.05, 0) is 37.0 Å². The van der Waals surface area contributed by atoms with Crippen LogP contribution < -0.4 is 5.32 Å². The zero-order chi connectivity index (χ0) is 31.1. The number of hydrogen-bond donors (Lipinski definition) is 1. The van der Waals surface area contributed by atoms with Gasteiger partial charge in [0, 0.05) is 79.5 Å². The average Bonchev–Trinajstić information content (AvgIpc) is 3.17. The maximum atomic E-state index is 14.3. The highest BCUT2D eigenvalue weighted by Gasteiger charge is 2.30. The molecule has 1 unspecified atom stereocenters. The van der Waals surface area contributed by atoms with Gasteiger partial charge in [0.25, 0.3) is 5.91 Å². The number of halogens is 2. The van der Waals surface area contributed by atoms with Crippen LogP contribution in [0.15, 0.2) is 61.1 Å². The van der Waals surface area contributed by atoms with Gasteiger partial charge in [0.2, 0.25) is 12.3 Å². The van der Waals surface area contributed by atoms with Gasteiger partial charge in [0.05, 0.1) is 16.4 Å². The molecule has 4 rings (SSSR count). The van der Waals surface area contributed by atoms with Crippen LogP contribution in [0.5, 0.6) is 0 Å². The smallest absolute Gasteiger partial charge is 0.255 e. The molecule has 0 spiro atoms. The minimum Gasteiger partial charge on any atom is -0.355 e. The molecule has 0 aromatic heterocycles. The number of amides is 3. The highest BCUT2D eigenvalue weighted by Crippen LogP contribution is 2.29. The molecule has 9 nitrogen and oxygen atoms in total. The van der Waals surface area contributed by atoms with Crippen molar-refractivity contribution >= 4 is 51.9 Å². The number of fused-ring (bicyclic) bond motifs is 1. The van der Waals surface area contributed by atoms with Gasteiger partial charge in [-0.25, -0.2) is 4.39 Å². The molecule has 230 valence electrons. The van der Waals surface area contributed by atoms with Crippen LogP contribution in [0.3, 0.4) is 0 Å². The van der Waals surface area contributed by atoms with Crippen LogP contribution in [0.25, 0.3) is 5.57 Å². The third-order valence-electron chi connectivity index (χ3n) is 7.80. The summed E-state index contributed by atoms with van der Waals surface area (Å²) in [6, 6.07) is 12.4. The Kier molecular flexibility index (Phi) is 11.0. The van der Waals surface area contributed by atoms with Crippen molar-refractivity contribution in [1.29, 1.82) is 0 Å². The first-order chi connectivity index (χ1) is 20.6. The first kappa shape index (κ1) is 32.2. The van der Waals surface area contributed by atoms with Gasteiger partial charge < -0.3 is 24.9 Å². The molecular formula is C31H37ClFN5O4S. The predicted molar refractivity (Wildman–Crippen MR) is 168 cm³/mol. The maximum absolute atomic E-state index is 14.3. The molecule has 3 amide bonds. The normalized spacial score (nSPS) is 16.6. The molecule has 1 N–H and O–H groups in total. The summed E-state index contributed by atoms with van der Waals surface area (Å²) < 4.78 is 25.9. The predicted octanol–water partition coefficient (Wildman–Crippen LogP) is 3.55. The minimum atomic E-state index is -1.14. The van der Waals surface area contributed by atoms with Crippen molar-refractivity contribution in [2.45, 2.75) is 25.3 Å². The molecule has 0 saturated carbocycles. The Labute approximate surface area is 259 Å². The molecule has 43 heavy (non-hydrogen) atoms. The third-order valence-corrected chi connectivity index (χ3v) is 8.95. The topological polar surface area (TPSA) is 93.3 Å². The molecule has 2 aromatic carbocycles. The number of benzene rings is 2. The van der Waals surface area contributed by atoms with Crippen molar-refractivity contribution < 1.29 is 23.0 Å². The first-order valence-corrected chi connectivity index (χ1v) is 16.2. The molecule has 0 radical (unpaired) electrons. The second-order valence-corrected chi connectivity index (χ2v) is 12.6. The van der Waals surface area contributed by atoms with Crippen molar-refractivity contribution in [2.75, 3.05) is 57.1 Å². The van der Waals surface area contributed by atoms with Crippen molar-refractivity contribution in [2.24, 2.45) is 0 Å². The number of likely N-dealkylation sites (tertiary alicyclic amines) is 1. The number of carbonyl (C=O) groups excluding carboxylic acids is 3. The first-order valence-electron chi connectivity index (χ1n) is 14.1. The molecule has 12 heteroatoms. The number of nitrogens with one attached hydrogen (secondary N) is 1. The Hall–Kier alpha value is -3.70. The molecule has 1 atom stereocenters. The standard InChI is InChI=1S/C31H37ClFN5O4S/c1-22-34-28-10-5-4-7-23(28)11-16-38(22)24-12-14-37(15-13-24)29(40)20-36(21-39)19-26(25-8-6-9-27(33)30(25)32)31(41)35(2)17-18-43(3)42/h4-10,19,21,24,34H,1,11-18,20H2,2-3H3/b26-19-. The fourth-order valence-electron chi connectivity index (χ4n) is 5.35. The Bertz CT molecular complexity index is 1430. The summed E-state index contributed by atoms with van der Waals surface area (Å²) in [5.41, 5.74) is 2.34. The molecule has 2 aliphatic heterocycles. The zero-order valence-electron chi connectivity index (χ0n) is 24.4. The van der Waals surface area contributed by atoms with Gasteiger partial charge in [0.1, 0.15) is 12.4 Å². The van der Waals surface area contributed by atoms with Crippen molar-refractivity contribution in [3.8, 4) is 0 Å². The summed E-state index contributed by atoms with van der Waals surface area (Å²) in [5, 5.41) is 3.15. The summed E-state index contributed by atoms with van der Waals surface area (Å²) >= 11 is 6.21. The van der Waals surface area contributed by atoms with E-state index in [2.05, 4.69) is 22.9 Å². The number of piperidine rings is 1. The maximum Gasteiger partial charge on any atom is 0.255 e. The molecule has 1 saturated heterocycles. The van der Waals surface area contributed by atoms with Gasteiger partial charge in [0.15, 0.2) is 0 Å². The van der Waals surface area contributed by atoms with E-state index < -0.39 is 22.5 Å². The lowest BCUT2D eigenvalue weighted by atomic mass is 10.0. The van der Waals surface area contributed by atoms with Crippen LogP contribution in [-0.4, -0.2) is 99.9 Å². The van der Waals surface area contributed by atoms with Crippen molar-refractivity contribution in [1.82, 2.24) is 19.6 Å². The lowest BCUT2D eigenvalue weighted by Gasteiger charge is -2.40. The molecule has 2 aromatic rings. The zero-order valence-corrected chi connectivity index (χ0v) is 26.0. The lowest BCUT2D eigenvalue weighted by Crippen LogP contribution is -2.49. The van der Waals surface area contributed by atoms with E-state index in [1.807, 2.05) is 18.2 Å². The van der Waals surface area contributed by atoms with E-state index in [1.54, 1.807) is 4.90 Å². The quantitative estimate of drug-likeness (QED) is 0.319. The number of para-hydroxylation sites is 1. The van der Waals surface area contributed by atoms with Crippen LogP contribution in [-0.2, 0) is 31.6 Å². The van der Waals surface area contributed by atoms with Crippen LogP contribution in [0.1, 0.15) is 24.0 Å². The molecule has 2 heterocycles. The fourth-order valence-corrected chi connectivity index (χ4v) is 6.11. The van der Waals surface area contributed by atoms with Crippen LogP contribution in [0, 0.1) is 5.82 Å². The van der Waals surface area contributed by atoms with Crippen molar-refractivity contribution in [3.63, 3.8) is 0 Å². The molecule has 1 fully saturated rings. The Morgan fingerprint density at radius 3 is 2.58 bits per heavy atom. The molecule has 2 aliphatic rings. The van der Waals surface area contributed by atoms with Gasteiger partial charge in [-0.1, -0.05) is 48.5 Å². The van der Waals surface area contributed by atoms with Crippen LogP contribution in [0.2, 0.25) is 5.02 Å². The third kappa shape index (κ3) is 8.03. The van der Waals surface area contributed by atoms with Gasteiger partial charge in [-0.3, -0.25) is 18.6 Å². The van der Waals surface area contributed by atoms with Gasteiger partial charge in [-0.15, -0.1) is 0 Å². The van der Waals surface area contributed by atoms with Gasteiger partial charge >= 0.3 is 0 Å². The average molecular weight is 630 g/mol. The highest BCUT2D eigenvalue weighted by atomic mass is 35.5. The molecule has 0 bridgehead atoms. The Morgan fingerprint density at radius 2 is 1.88 bits per heavy atom. The lowest BCUT2D eigenvalue weighted by molar-refractivity contribution is -0.135. The van der Waals surface area contributed by atoms with Crippen LogP contribution >= 0.6 is 11.6 Å². The van der Waals surface area contributed by atoms with E-state index in [0.29, 0.717) is 19.5 Å². The van der Waals surface area contributed by atoms with Crippen molar-refractivity contribution in [3.05, 3.63) is 83.0 Å². The number of hydrogen-bond acceptors (Lipinski definition) is 6. The Morgan fingerprint density at radius 1 is 1.16 bits per heavy atom. The van der Waals surface area contributed by atoms with E-state index in [-0.39, 0.29) is 47.0 Å². The van der Waals surface area contributed by atoms with E-state index in [9.17, 15) is 23.0 Å². The minimum absolute atomic E-state index is 0.0549. The second kappa shape index (κ2) is 14.7. The number of anilines is 1. The SMILES string of the molecule is C=C1Nc2ccccc2CCN1C1CCN(C(=O)CN(C=O)/C=C(\C(=O)N(C)CCS(C)=O)c2cccc(F)c2Cl)CC1. The van der Waals surface area contributed by atoms with E-state index >= 15 is 0 Å². The number of likely N-dealkylation sites (N-methyl/N-ethyl adjacent to an activating group) is 1. The number of nitrogens with zero attached hydrogens (tertiary/aromatic N) is 4. The largest absolute Gasteiger partial charge is 0.355 e. The molecular weight excluding hydrogens is 593 g/mol. The highest BCUT2D eigenvalue weighted by molar-refractivity contribution is 7.84. The monoisotopic (exact) mass is 629 g/mol. The van der Waals surface area contributed by atoms with E-state index in [4.69, 9.17) is 11.6 Å². The van der Waals surface area contributed by atoms with Gasteiger partial charge in [-0.2, -0.15) is 0 Å². The van der Waals surface area contributed by atoms with Crippen LogP contribution in [0.4, 0.5) is 10.1 Å². The fraction of sp³-hybridized carbons (Fsp3) is 0.387. The number of carbonyl (C=O) groups is 3. The summed E-state index contributed by atoms with van der Waals surface area (Å²) in [5.74, 6) is -0.458. The summed E-state index contributed by atoms with van der Waals surface area (Å²) in [7, 11) is 0.382. The summed E-state index contributed by atoms with van der Waals surface area (Å²) in [6.45, 7) is 5.97. The van der Waals surface area contributed by atoms with E-state index in [1.165, 1.54) is 48.2 Å². The Balaban J connectivity index is 1.43. The number of rotatable bonds is 10.